The van der Waals surface area contributed by atoms with Crippen molar-refractivity contribution in [3.05, 3.63) is 39.9 Å². The average Bonchev–Trinajstić information content (AvgIpc) is 2.57. The number of ether oxygens (including phenoxy) is 1. The van der Waals surface area contributed by atoms with Crippen molar-refractivity contribution in [3.8, 4) is 0 Å². The maximum atomic E-state index is 10.6. The van der Waals surface area contributed by atoms with Crippen LogP contribution < -0.4 is 12.4 Å². The summed E-state index contributed by atoms with van der Waals surface area (Å²) in [5, 5.41) is 10.6. The number of nitro benzene ring substituents is 1. The Morgan fingerprint density at radius 1 is 0.962 bits per heavy atom. The quantitative estimate of drug-likeness (QED) is 0.162. The van der Waals surface area contributed by atoms with Crippen molar-refractivity contribution in [2.75, 3.05) is 27.4 Å². The van der Waals surface area contributed by atoms with Gasteiger partial charge in [-0.3, -0.25) is 10.1 Å². The van der Waals surface area contributed by atoms with Gasteiger partial charge in [-0.15, -0.1) is 0 Å². The van der Waals surface area contributed by atoms with Gasteiger partial charge in [0.05, 0.1) is 32.2 Å². The molecule has 0 bridgehead atoms. The number of quaternary nitrogens is 1. The van der Waals surface area contributed by atoms with Crippen molar-refractivity contribution in [1.82, 2.24) is 0 Å². The molecule has 0 atom stereocenters. The van der Waals surface area contributed by atoms with Crippen LogP contribution in [0.25, 0.3) is 0 Å². The van der Waals surface area contributed by atoms with Crippen LogP contribution in [0, 0.1) is 10.1 Å². The van der Waals surface area contributed by atoms with Gasteiger partial charge in [-0.25, -0.2) is 0 Å². The summed E-state index contributed by atoms with van der Waals surface area (Å²) >= 11 is 0. The van der Waals surface area contributed by atoms with Crippen LogP contribution in [0.3, 0.4) is 0 Å². The molecule has 0 aliphatic rings. The van der Waals surface area contributed by atoms with Crippen LogP contribution in [-0.2, 0) is 11.3 Å². The van der Waals surface area contributed by atoms with Gasteiger partial charge in [0, 0.05) is 12.1 Å². The molecular formula is C20H35ClN2O3. The third-order valence-electron chi connectivity index (χ3n) is 4.47. The number of benzene rings is 1. The van der Waals surface area contributed by atoms with E-state index in [1.54, 1.807) is 12.1 Å². The van der Waals surface area contributed by atoms with E-state index in [9.17, 15) is 10.1 Å². The van der Waals surface area contributed by atoms with Crippen LogP contribution in [0.4, 0.5) is 5.69 Å². The summed E-state index contributed by atoms with van der Waals surface area (Å²) in [6, 6.07) is 6.58. The van der Waals surface area contributed by atoms with Crippen LogP contribution in [0.5, 0.6) is 0 Å². The second kappa shape index (κ2) is 14.0. The predicted molar refractivity (Wildman–Crippen MR) is 102 cm³/mol. The molecule has 0 heterocycles. The van der Waals surface area contributed by atoms with Gasteiger partial charge in [0.25, 0.3) is 5.69 Å². The van der Waals surface area contributed by atoms with Gasteiger partial charge >= 0.3 is 0 Å². The molecule has 0 saturated carbocycles. The molecule has 5 nitrogen and oxygen atoms in total. The molecule has 0 N–H and O–H groups in total. The summed E-state index contributed by atoms with van der Waals surface area (Å²) < 4.78 is 6.66. The SMILES string of the molecule is CCCCCCCCCC[N+](C)(C)COCc1ccc([N+](=O)[O-])cc1.[Cl-]. The van der Waals surface area contributed by atoms with Crippen molar-refractivity contribution in [3.63, 3.8) is 0 Å². The summed E-state index contributed by atoms with van der Waals surface area (Å²) in [5.74, 6) is 0. The van der Waals surface area contributed by atoms with E-state index in [2.05, 4.69) is 21.0 Å². The van der Waals surface area contributed by atoms with Crippen LogP contribution in [0.15, 0.2) is 24.3 Å². The van der Waals surface area contributed by atoms with Gasteiger partial charge in [0.1, 0.15) is 0 Å². The smallest absolute Gasteiger partial charge is 0.269 e. The first-order chi connectivity index (χ1) is 11.9. The Balaban J connectivity index is 0.00000625. The minimum Gasteiger partial charge on any atom is -1.00 e. The number of unbranched alkanes of at least 4 members (excludes halogenated alkanes) is 7. The van der Waals surface area contributed by atoms with Gasteiger partial charge < -0.3 is 21.6 Å². The number of rotatable bonds is 14. The molecule has 0 fully saturated rings. The third kappa shape index (κ3) is 11.4. The summed E-state index contributed by atoms with van der Waals surface area (Å²) in [5.41, 5.74) is 1.09. The number of halogens is 1. The lowest BCUT2D eigenvalue weighted by Gasteiger charge is -2.29. The van der Waals surface area contributed by atoms with E-state index in [0.29, 0.717) is 13.3 Å². The Labute approximate surface area is 164 Å². The van der Waals surface area contributed by atoms with Gasteiger partial charge in [-0.05, 0) is 30.5 Å². The van der Waals surface area contributed by atoms with Gasteiger partial charge in [0.15, 0.2) is 6.73 Å². The Kier molecular flexibility index (Phi) is 13.3. The molecular weight excluding hydrogens is 352 g/mol. The first-order valence-electron chi connectivity index (χ1n) is 9.58. The molecule has 26 heavy (non-hydrogen) atoms. The van der Waals surface area contributed by atoms with Gasteiger partial charge in [-0.1, -0.05) is 45.4 Å². The van der Waals surface area contributed by atoms with Crippen molar-refractivity contribution >= 4 is 5.69 Å². The second-order valence-electron chi connectivity index (χ2n) is 7.54. The molecule has 1 aromatic carbocycles. The molecule has 0 aliphatic carbocycles. The van der Waals surface area contributed by atoms with Gasteiger partial charge in [-0.2, -0.15) is 0 Å². The monoisotopic (exact) mass is 386 g/mol. The van der Waals surface area contributed by atoms with Crippen molar-refractivity contribution in [2.24, 2.45) is 0 Å². The highest BCUT2D eigenvalue weighted by molar-refractivity contribution is 5.32. The number of nitrogens with zero attached hydrogens (tertiary/aromatic N) is 2. The third-order valence-corrected chi connectivity index (χ3v) is 4.47. The maximum Gasteiger partial charge on any atom is 0.269 e. The number of hydrogen-bond donors (Lipinski definition) is 0. The van der Waals surface area contributed by atoms with Crippen molar-refractivity contribution in [2.45, 2.75) is 64.9 Å². The Bertz CT molecular complexity index is 492. The fourth-order valence-corrected chi connectivity index (χ4v) is 2.86. The molecule has 1 aromatic rings. The van der Waals surface area contributed by atoms with E-state index in [1.807, 2.05) is 0 Å². The topological polar surface area (TPSA) is 52.4 Å². The zero-order valence-electron chi connectivity index (χ0n) is 16.6. The van der Waals surface area contributed by atoms with Crippen LogP contribution in [0.1, 0.15) is 63.9 Å². The molecule has 0 amide bonds. The number of non-ortho nitro benzene ring substituents is 1. The zero-order chi connectivity index (χ0) is 18.5. The first kappa shape index (κ1) is 24.8. The molecule has 0 spiro atoms. The average molecular weight is 387 g/mol. The zero-order valence-corrected chi connectivity index (χ0v) is 17.3. The predicted octanol–water partition coefficient (Wildman–Crippen LogP) is 2.29. The van der Waals surface area contributed by atoms with Crippen molar-refractivity contribution in [1.29, 1.82) is 0 Å². The maximum absolute atomic E-state index is 10.6. The van der Waals surface area contributed by atoms with Gasteiger partial charge in [0.2, 0.25) is 0 Å². The summed E-state index contributed by atoms with van der Waals surface area (Å²) in [6.07, 6.45) is 10.7. The highest BCUT2D eigenvalue weighted by Gasteiger charge is 2.14. The van der Waals surface area contributed by atoms with Crippen LogP contribution >= 0.6 is 0 Å². The Morgan fingerprint density at radius 2 is 1.50 bits per heavy atom. The minimum absolute atomic E-state index is 0. The van der Waals surface area contributed by atoms with E-state index in [-0.39, 0.29) is 23.0 Å². The largest absolute Gasteiger partial charge is 1.00 e. The normalized spacial score (nSPS) is 11.2. The second-order valence-corrected chi connectivity index (χ2v) is 7.54. The van der Waals surface area contributed by atoms with E-state index < -0.39 is 0 Å². The molecule has 1 rings (SSSR count). The molecule has 0 aromatic heterocycles. The molecule has 0 aliphatic heterocycles. The van der Waals surface area contributed by atoms with Crippen LogP contribution in [-0.4, -0.2) is 36.8 Å². The number of nitro groups is 1. The lowest BCUT2D eigenvalue weighted by atomic mass is 10.1. The lowest BCUT2D eigenvalue weighted by Crippen LogP contribution is -3.00. The highest BCUT2D eigenvalue weighted by Crippen LogP contribution is 2.14. The fourth-order valence-electron chi connectivity index (χ4n) is 2.86. The summed E-state index contributed by atoms with van der Waals surface area (Å²) in [4.78, 5) is 10.3. The lowest BCUT2D eigenvalue weighted by molar-refractivity contribution is -0.910. The molecule has 0 saturated heterocycles. The standard InChI is InChI=1S/C20H35N2O3.ClH/c1-4-5-6-7-8-9-10-11-16-22(2,3)18-25-17-19-12-14-20(15-13-19)21(23)24;/h12-15H,4-11,16-18H2,1-3H3;1H/q+1;/p-1. The Hall–Kier alpha value is -1.17. The van der Waals surface area contributed by atoms with E-state index in [1.165, 1.54) is 63.5 Å². The summed E-state index contributed by atoms with van der Waals surface area (Å²) in [6.45, 7) is 4.53. The molecule has 0 radical (unpaired) electrons. The first-order valence-corrected chi connectivity index (χ1v) is 9.58. The highest BCUT2D eigenvalue weighted by atomic mass is 35.5. The summed E-state index contributed by atoms with van der Waals surface area (Å²) in [7, 11) is 4.38. The van der Waals surface area contributed by atoms with E-state index in [0.717, 1.165) is 16.6 Å². The van der Waals surface area contributed by atoms with E-state index >= 15 is 0 Å². The molecule has 0 unspecified atom stereocenters. The fraction of sp³-hybridized carbons (Fsp3) is 0.700. The minimum atomic E-state index is -0.381. The van der Waals surface area contributed by atoms with Crippen LogP contribution in [0.2, 0.25) is 0 Å². The number of hydrogen-bond acceptors (Lipinski definition) is 3. The molecule has 6 heteroatoms. The van der Waals surface area contributed by atoms with Crippen molar-refractivity contribution < 1.29 is 26.6 Å². The van der Waals surface area contributed by atoms with E-state index in [4.69, 9.17) is 4.74 Å². The Morgan fingerprint density at radius 3 is 2.04 bits per heavy atom. The molecule has 150 valence electrons.